The molecule has 2 aromatic rings. The lowest BCUT2D eigenvalue weighted by molar-refractivity contribution is 0.0759. The van der Waals surface area contributed by atoms with Crippen molar-refractivity contribution in [2.45, 2.75) is 24.8 Å². The predicted molar refractivity (Wildman–Crippen MR) is 96.3 cm³/mol. The van der Waals surface area contributed by atoms with Gasteiger partial charge in [0.2, 0.25) is 0 Å². The second-order valence-electron chi connectivity index (χ2n) is 6.95. The maximum absolute atomic E-state index is 12.8. The van der Waals surface area contributed by atoms with Crippen LogP contribution < -0.4 is 10.1 Å². The summed E-state index contributed by atoms with van der Waals surface area (Å²) < 4.78 is 5.24. The molecule has 0 unspecified atom stereocenters. The number of amides is 2. The first-order chi connectivity index (χ1) is 12.6. The van der Waals surface area contributed by atoms with E-state index in [0.29, 0.717) is 30.1 Å². The fourth-order valence-electron chi connectivity index (χ4n) is 3.86. The second kappa shape index (κ2) is 6.44. The zero-order valence-corrected chi connectivity index (χ0v) is 14.7. The van der Waals surface area contributed by atoms with Crippen molar-refractivity contribution in [1.82, 2.24) is 15.2 Å². The van der Waals surface area contributed by atoms with Gasteiger partial charge >= 0.3 is 0 Å². The Labute approximate surface area is 152 Å². The van der Waals surface area contributed by atoms with Gasteiger partial charge in [-0.1, -0.05) is 12.1 Å². The van der Waals surface area contributed by atoms with E-state index in [9.17, 15) is 9.59 Å². The Bertz CT molecular complexity index is 853. The molecule has 2 aliphatic heterocycles. The molecule has 2 amide bonds. The third kappa shape index (κ3) is 2.92. The molecule has 0 saturated carbocycles. The van der Waals surface area contributed by atoms with Crippen LogP contribution in [0.4, 0.5) is 0 Å². The van der Waals surface area contributed by atoms with Crippen LogP contribution in [0.5, 0.6) is 5.75 Å². The summed E-state index contributed by atoms with van der Waals surface area (Å²) in [5.74, 6) is 0.497. The van der Waals surface area contributed by atoms with Crippen LogP contribution in [0.15, 0.2) is 42.6 Å². The first-order valence-electron chi connectivity index (χ1n) is 8.80. The van der Waals surface area contributed by atoms with Crippen LogP contribution in [0.3, 0.4) is 0 Å². The number of rotatable bonds is 2. The number of ether oxygens (including phenoxy) is 1. The summed E-state index contributed by atoms with van der Waals surface area (Å²) in [6.45, 7) is 1.13. The summed E-state index contributed by atoms with van der Waals surface area (Å²) in [6.07, 6.45) is 3.98. The van der Waals surface area contributed by atoms with Gasteiger partial charge in [0, 0.05) is 24.8 Å². The zero-order valence-electron chi connectivity index (χ0n) is 14.7. The molecule has 1 atom stereocenters. The minimum atomic E-state index is -0.381. The highest BCUT2D eigenvalue weighted by atomic mass is 16.5. The van der Waals surface area contributed by atoms with Crippen LogP contribution in [0.2, 0.25) is 0 Å². The molecular weight excluding hydrogens is 330 g/mol. The highest BCUT2D eigenvalue weighted by Crippen LogP contribution is 2.32. The topological polar surface area (TPSA) is 71.5 Å². The predicted octanol–water partition coefficient (Wildman–Crippen LogP) is 2.05. The highest BCUT2D eigenvalue weighted by molar-refractivity contribution is 5.97. The van der Waals surface area contributed by atoms with Gasteiger partial charge in [0.1, 0.15) is 11.4 Å². The number of carbonyl (C=O) groups excluding carboxylic acids is 2. The van der Waals surface area contributed by atoms with Crippen molar-refractivity contribution in [3.8, 4) is 5.75 Å². The minimum absolute atomic E-state index is 0.0832. The van der Waals surface area contributed by atoms with E-state index >= 15 is 0 Å². The van der Waals surface area contributed by atoms with E-state index in [4.69, 9.17) is 4.74 Å². The number of carbonyl (C=O) groups is 2. The van der Waals surface area contributed by atoms with Crippen molar-refractivity contribution in [3.63, 3.8) is 0 Å². The molecule has 6 nitrogen and oxygen atoms in total. The lowest BCUT2D eigenvalue weighted by atomic mass is 9.91. The Balaban J connectivity index is 1.54. The SMILES string of the molecule is COc1ccc2c(c1)C(=O)N[C@@]1(CC2)CCN(C(=O)c2ccccn2)C1. The Hall–Kier alpha value is -2.89. The molecule has 1 aromatic carbocycles. The Morgan fingerprint density at radius 2 is 2.15 bits per heavy atom. The van der Waals surface area contributed by atoms with Crippen molar-refractivity contribution in [2.75, 3.05) is 20.2 Å². The molecule has 1 spiro atoms. The third-order valence-electron chi connectivity index (χ3n) is 5.34. The molecule has 0 bridgehead atoms. The second-order valence-corrected chi connectivity index (χ2v) is 6.95. The number of aromatic nitrogens is 1. The zero-order chi connectivity index (χ0) is 18.1. The number of nitrogens with one attached hydrogen (secondary N) is 1. The number of likely N-dealkylation sites (tertiary alicyclic amines) is 1. The molecule has 3 heterocycles. The molecule has 134 valence electrons. The molecule has 0 radical (unpaired) electrons. The van der Waals surface area contributed by atoms with Gasteiger partial charge in [-0.3, -0.25) is 14.6 Å². The molecule has 26 heavy (non-hydrogen) atoms. The molecule has 1 fully saturated rings. The van der Waals surface area contributed by atoms with Crippen molar-refractivity contribution in [2.24, 2.45) is 0 Å². The third-order valence-corrected chi connectivity index (χ3v) is 5.34. The van der Waals surface area contributed by atoms with E-state index in [2.05, 4.69) is 10.3 Å². The summed E-state index contributed by atoms with van der Waals surface area (Å²) in [7, 11) is 1.59. The van der Waals surface area contributed by atoms with Gasteiger partial charge in [-0.05, 0) is 49.1 Å². The Morgan fingerprint density at radius 3 is 2.92 bits per heavy atom. The number of methoxy groups -OCH3 is 1. The van der Waals surface area contributed by atoms with E-state index in [1.54, 1.807) is 36.4 Å². The average Bonchev–Trinajstić information content (AvgIpc) is 3.04. The van der Waals surface area contributed by atoms with Gasteiger partial charge in [-0.15, -0.1) is 0 Å². The van der Waals surface area contributed by atoms with Crippen molar-refractivity contribution in [3.05, 3.63) is 59.4 Å². The molecule has 1 N–H and O–H groups in total. The van der Waals surface area contributed by atoms with Gasteiger partial charge in [0.15, 0.2) is 0 Å². The van der Waals surface area contributed by atoms with Crippen LogP contribution in [0, 0.1) is 0 Å². The van der Waals surface area contributed by atoms with E-state index in [1.807, 2.05) is 18.2 Å². The fraction of sp³-hybridized carbons (Fsp3) is 0.350. The standard InChI is InChI=1S/C20H21N3O3/c1-26-15-6-5-14-7-8-20(22-18(24)16(14)12-15)9-11-23(13-20)19(25)17-4-2-3-10-21-17/h2-6,10,12H,7-9,11,13H2,1H3,(H,22,24)/t20-/m0/s1. The first kappa shape index (κ1) is 16.6. The summed E-state index contributed by atoms with van der Waals surface area (Å²) in [5.41, 5.74) is 1.75. The first-order valence-corrected chi connectivity index (χ1v) is 8.80. The number of fused-ring (bicyclic) bond motifs is 1. The number of hydrogen-bond donors (Lipinski definition) is 1. The van der Waals surface area contributed by atoms with Crippen molar-refractivity contribution in [1.29, 1.82) is 0 Å². The smallest absolute Gasteiger partial charge is 0.272 e. The Morgan fingerprint density at radius 1 is 1.27 bits per heavy atom. The molecule has 2 aliphatic rings. The van der Waals surface area contributed by atoms with Crippen LogP contribution in [-0.2, 0) is 6.42 Å². The molecule has 1 saturated heterocycles. The fourth-order valence-corrected chi connectivity index (χ4v) is 3.86. The normalized spacial score (nSPS) is 21.9. The number of nitrogens with zero attached hydrogens (tertiary/aromatic N) is 2. The van der Waals surface area contributed by atoms with Gasteiger partial charge in [-0.2, -0.15) is 0 Å². The molecule has 6 heteroatoms. The summed E-state index contributed by atoms with van der Waals surface area (Å²) in [4.78, 5) is 31.4. The molecule has 0 aliphatic carbocycles. The van der Waals surface area contributed by atoms with Gasteiger partial charge in [-0.25, -0.2) is 0 Å². The van der Waals surface area contributed by atoms with Crippen LogP contribution in [0.1, 0.15) is 39.3 Å². The maximum atomic E-state index is 12.8. The van der Waals surface area contributed by atoms with Gasteiger partial charge in [0.05, 0.1) is 12.6 Å². The van der Waals surface area contributed by atoms with E-state index < -0.39 is 0 Å². The van der Waals surface area contributed by atoms with Crippen LogP contribution in [-0.4, -0.2) is 47.4 Å². The van der Waals surface area contributed by atoms with E-state index in [0.717, 1.165) is 24.8 Å². The largest absolute Gasteiger partial charge is 0.497 e. The van der Waals surface area contributed by atoms with E-state index in [-0.39, 0.29) is 17.4 Å². The highest BCUT2D eigenvalue weighted by Gasteiger charge is 2.43. The number of aryl methyl sites for hydroxylation is 1. The van der Waals surface area contributed by atoms with Crippen LogP contribution >= 0.6 is 0 Å². The monoisotopic (exact) mass is 351 g/mol. The maximum Gasteiger partial charge on any atom is 0.272 e. The van der Waals surface area contributed by atoms with Gasteiger partial charge < -0.3 is 15.0 Å². The van der Waals surface area contributed by atoms with Gasteiger partial charge in [0.25, 0.3) is 11.8 Å². The minimum Gasteiger partial charge on any atom is -0.497 e. The molecule has 4 rings (SSSR count). The van der Waals surface area contributed by atoms with E-state index in [1.165, 1.54) is 0 Å². The summed E-state index contributed by atoms with van der Waals surface area (Å²) in [5, 5.41) is 3.19. The summed E-state index contributed by atoms with van der Waals surface area (Å²) >= 11 is 0. The van der Waals surface area contributed by atoms with Crippen LogP contribution in [0.25, 0.3) is 0 Å². The lowest BCUT2D eigenvalue weighted by Crippen LogP contribution is -2.50. The average molecular weight is 351 g/mol. The molecular formula is C20H21N3O3. The number of hydrogen-bond acceptors (Lipinski definition) is 4. The van der Waals surface area contributed by atoms with Crippen molar-refractivity contribution < 1.29 is 14.3 Å². The quantitative estimate of drug-likeness (QED) is 0.899. The summed E-state index contributed by atoms with van der Waals surface area (Å²) in [6, 6.07) is 11.0. The number of benzene rings is 1. The number of pyridine rings is 1. The van der Waals surface area contributed by atoms with Crippen molar-refractivity contribution >= 4 is 11.8 Å². The lowest BCUT2D eigenvalue weighted by Gasteiger charge is -2.28. The Kier molecular flexibility index (Phi) is 4.11. The molecule has 1 aromatic heterocycles.